The second kappa shape index (κ2) is 7.54. The number of carbonyl (C=O) groups excluding carboxylic acids is 1. The van der Waals surface area contributed by atoms with E-state index in [1.807, 2.05) is 0 Å². The number of nitro groups is 1. The van der Waals surface area contributed by atoms with Crippen LogP contribution in [0, 0.1) is 24.0 Å². The minimum atomic E-state index is -1.21. The van der Waals surface area contributed by atoms with Crippen molar-refractivity contribution in [3.8, 4) is 0 Å². The lowest BCUT2D eigenvalue weighted by Gasteiger charge is -2.08. The monoisotopic (exact) mass is 398 g/mol. The highest BCUT2D eigenvalue weighted by Crippen LogP contribution is 2.23. The van der Waals surface area contributed by atoms with Gasteiger partial charge in [0, 0.05) is 12.6 Å². The number of anilines is 1. The summed E-state index contributed by atoms with van der Waals surface area (Å²) in [6.45, 7) is 3.43. The molecule has 3 rings (SSSR count). The lowest BCUT2D eigenvalue weighted by atomic mass is 10.1. The van der Waals surface area contributed by atoms with Gasteiger partial charge in [-0.3, -0.25) is 24.3 Å². The third kappa shape index (κ3) is 3.83. The van der Waals surface area contributed by atoms with E-state index >= 15 is 0 Å². The number of carboxylic acids is 1. The zero-order valence-corrected chi connectivity index (χ0v) is 15.9. The molecule has 0 aliphatic heterocycles. The van der Waals surface area contributed by atoms with Crippen molar-refractivity contribution in [2.24, 2.45) is 7.05 Å². The first-order valence-corrected chi connectivity index (χ1v) is 8.53. The van der Waals surface area contributed by atoms with E-state index in [1.165, 1.54) is 17.9 Å². The summed E-state index contributed by atoms with van der Waals surface area (Å²) >= 11 is 0. The fourth-order valence-corrected chi connectivity index (χ4v) is 3.07. The minimum Gasteiger partial charge on any atom is -0.476 e. The van der Waals surface area contributed by atoms with Crippen molar-refractivity contribution in [1.82, 2.24) is 19.6 Å². The molecule has 3 aromatic rings. The van der Waals surface area contributed by atoms with Crippen molar-refractivity contribution < 1.29 is 19.6 Å². The van der Waals surface area contributed by atoms with E-state index in [0.29, 0.717) is 22.5 Å². The van der Waals surface area contributed by atoms with Gasteiger partial charge < -0.3 is 10.4 Å². The number of carbonyl (C=O) groups is 2. The van der Waals surface area contributed by atoms with Gasteiger partial charge in [0.1, 0.15) is 11.4 Å². The predicted octanol–water partition coefficient (Wildman–Crippen LogP) is 2.14. The molecule has 29 heavy (non-hydrogen) atoms. The fraction of sp³-hybridized carbons (Fsp3) is 0.222. The first kappa shape index (κ1) is 19.7. The van der Waals surface area contributed by atoms with Gasteiger partial charge in [0.05, 0.1) is 23.4 Å². The number of amides is 1. The Hall–Kier alpha value is -4.02. The molecule has 0 saturated carbocycles. The molecule has 2 N–H and O–H groups in total. The fourth-order valence-electron chi connectivity index (χ4n) is 3.07. The largest absolute Gasteiger partial charge is 0.476 e. The highest BCUT2D eigenvalue weighted by atomic mass is 16.6. The van der Waals surface area contributed by atoms with Gasteiger partial charge in [-0.1, -0.05) is 12.1 Å². The molecule has 0 aliphatic rings. The van der Waals surface area contributed by atoms with Crippen LogP contribution in [0.1, 0.15) is 37.8 Å². The van der Waals surface area contributed by atoms with E-state index in [4.69, 9.17) is 0 Å². The van der Waals surface area contributed by atoms with Crippen LogP contribution in [0.25, 0.3) is 0 Å². The van der Waals surface area contributed by atoms with Crippen molar-refractivity contribution in [1.29, 1.82) is 0 Å². The van der Waals surface area contributed by atoms with Crippen molar-refractivity contribution in [2.75, 3.05) is 5.32 Å². The average Bonchev–Trinajstić information content (AvgIpc) is 3.14. The summed E-state index contributed by atoms with van der Waals surface area (Å²) in [4.78, 5) is 34.6. The smallest absolute Gasteiger partial charge is 0.356 e. The Morgan fingerprint density at radius 2 is 2.03 bits per heavy atom. The number of nitrogens with zero attached hydrogens (tertiary/aromatic N) is 5. The molecule has 11 heteroatoms. The Balaban J connectivity index is 1.83. The summed E-state index contributed by atoms with van der Waals surface area (Å²) < 4.78 is 2.66. The van der Waals surface area contributed by atoms with Gasteiger partial charge >= 0.3 is 11.7 Å². The van der Waals surface area contributed by atoms with Gasteiger partial charge in [0.15, 0.2) is 5.69 Å². The van der Waals surface area contributed by atoms with Gasteiger partial charge in [-0.15, -0.1) is 0 Å². The molecule has 0 saturated heterocycles. The van der Waals surface area contributed by atoms with Crippen LogP contribution in [0.4, 0.5) is 11.4 Å². The molecule has 0 unspecified atom stereocenters. The maximum Gasteiger partial charge on any atom is 0.356 e. The molecule has 2 aromatic heterocycles. The molecule has 2 heterocycles. The molecule has 0 spiro atoms. The molecule has 0 atom stereocenters. The standard InChI is InChI=1S/C18H18N6O5/c1-10-15(24(28)29)11(2)23(21-10)9-12-5-4-6-13(7-12)17(25)20-14-8-19-22(3)16(14)18(26)27/h4-8H,9H2,1-3H3,(H,20,25)(H,26,27). The van der Waals surface area contributed by atoms with E-state index in [1.54, 1.807) is 38.1 Å². The topological polar surface area (TPSA) is 145 Å². The van der Waals surface area contributed by atoms with Crippen LogP contribution in [-0.4, -0.2) is 41.5 Å². The van der Waals surface area contributed by atoms with E-state index in [2.05, 4.69) is 15.5 Å². The minimum absolute atomic E-state index is 0.0309. The Kier molecular flexibility index (Phi) is 5.13. The number of rotatable bonds is 6. The normalized spacial score (nSPS) is 10.7. The highest BCUT2D eigenvalue weighted by Gasteiger charge is 2.22. The number of aromatic carboxylic acids is 1. The number of benzene rings is 1. The van der Waals surface area contributed by atoms with Crippen LogP contribution in [0.5, 0.6) is 0 Å². The molecule has 0 radical (unpaired) electrons. The van der Waals surface area contributed by atoms with E-state index < -0.39 is 16.8 Å². The Morgan fingerprint density at radius 1 is 1.31 bits per heavy atom. The highest BCUT2D eigenvalue weighted by molar-refractivity contribution is 6.07. The second-order valence-corrected chi connectivity index (χ2v) is 6.42. The predicted molar refractivity (Wildman–Crippen MR) is 102 cm³/mol. The Morgan fingerprint density at radius 3 is 2.66 bits per heavy atom. The Labute approximate surface area is 164 Å². The van der Waals surface area contributed by atoms with E-state index in [-0.39, 0.29) is 23.6 Å². The van der Waals surface area contributed by atoms with Crippen LogP contribution in [0.2, 0.25) is 0 Å². The van der Waals surface area contributed by atoms with Crippen LogP contribution >= 0.6 is 0 Å². The molecular weight excluding hydrogens is 380 g/mol. The molecule has 1 aromatic carbocycles. The summed E-state index contributed by atoms with van der Waals surface area (Å²) in [5.41, 5.74) is 1.68. The van der Waals surface area contributed by atoms with Crippen LogP contribution < -0.4 is 5.32 Å². The quantitative estimate of drug-likeness (QED) is 0.478. The SMILES string of the molecule is Cc1nn(Cc2cccc(C(=O)Nc3cnn(C)c3C(=O)O)c2)c(C)c1[N+](=O)[O-]. The van der Waals surface area contributed by atoms with Crippen LogP contribution in [-0.2, 0) is 13.6 Å². The first-order chi connectivity index (χ1) is 13.7. The van der Waals surface area contributed by atoms with Gasteiger partial charge in [0.2, 0.25) is 0 Å². The first-order valence-electron chi connectivity index (χ1n) is 8.53. The molecule has 150 valence electrons. The molecule has 11 nitrogen and oxygen atoms in total. The number of aryl methyl sites for hydroxylation is 2. The molecule has 0 aliphatic carbocycles. The number of aromatic nitrogens is 4. The molecule has 0 fully saturated rings. The zero-order valence-electron chi connectivity index (χ0n) is 15.9. The maximum absolute atomic E-state index is 12.6. The second-order valence-electron chi connectivity index (χ2n) is 6.42. The third-order valence-corrected chi connectivity index (χ3v) is 4.44. The summed E-state index contributed by atoms with van der Waals surface area (Å²) in [5.74, 6) is -1.71. The molecule has 1 amide bonds. The lowest BCUT2D eigenvalue weighted by Crippen LogP contribution is -2.16. The maximum atomic E-state index is 12.6. The summed E-state index contributed by atoms with van der Waals surface area (Å²) in [6.07, 6.45) is 1.26. The van der Waals surface area contributed by atoms with Crippen molar-refractivity contribution in [3.63, 3.8) is 0 Å². The van der Waals surface area contributed by atoms with Gasteiger partial charge in [-0.05, 0) is 31.5 Å². The molecule has 0 bridgehead atoms. The summed E-state index contributed by atoms with van der Waals surface area (Å²) in [7, 11) is 1.47. The van der Waals surface area contributed by atoms with Gasteiger partial charge in [-0.25, -0.2) is 4.79 Å². The van der Waals surface area contributed by atoms with Crippen LogP contribution in [0.15, 0.2) is 30.5 Å². The van der Waals surface area contributed by atoms with Crippen molar-refractivity contribution >= 4 is 23.3 Å². The van der Waals surface area contributed by atoms with Crippen molar-refractivity contribution in [3.05, 3.63) is 68.8 Å². The number of hydrogen-bond donors (Lipinski definition) is 2. The Bertz CT molecular complexity index is 1130. The van der Waals surface area contributed by atoms with Crippen LogP contribution in [0.3, 0.4) is 0 Å². The van der Waals surface area contributed by atoms with Gasteiger partial charge in [-0.2, -0.15) is 10.2 Å². The van der Waals surface area contributed by atoms with Crippen molar-refractivity contribution in [2.45, 2.75) is 20.4 Å². The average molecular weight is 398 g/mol. The number of carboxylic acid groups (broad SMARTS) is 1. The van der Waals surface area contributed by atoms with E-state index in [9.17, 15) is 24.8 Å². The molecular formula is C18H18N6O5. The lowest BCUT2D eigenvalue weighted by molar-refractivity contribution is -0.386. The summed E-state index contributed by atoms with van der Waals surface area (Å²) in [5, 5.41) is 31.0. The van der Waals surface area contributed by atoms with Gasteiger partial charge in [0.25, 0.3) is 5.91 Å². The third-order valence-electron chi connectivity index (χ3n) is 4.44. The van der Waals surface area contributed by atoms with E-state index in [0.717, 1.165) is 4.68 Å². The zero-order chi connectivity index (χ0) is 21.3. The number of hydrogen-bond acceptors (Lipinski definition) is 6. The summed E-state index contributed by atoms with van der Waals surface area (Å²) in [6, 6.07) is 6.64. The number of nitrogens with one attached hydrogen (secondary N) is 1.